The first kappa shape index (κ1) is 21.0. The van der Waals surface area contributed by atoms with Crippen LogP contribution >= 0.6 is 23.2 Å². The molecule has 1 heterocycles. The Balaban J connectivity index is 1.61. The normalized spacial score (nSPS) is 16.1. The molecule has 0 spiro atoms. The summed E-state index contributed by atoms with van der Waals surface area (Å²) in [5.41, 5.74) is 0.407. The summed E-state index contributed by atoms with van der Waals surface area (Å²) in [4.78, 5) is 12.3. The second-order valence-electron chi connectivity index (χ2n) is 6.54. The third-order valence-electron chi connectivity index (χ3n) is 4.75. The zero-order valence-corrected chi connectivity index (χ0v) is 17.2. The molecule has 9 heteroatoms. The van der Waals surface area contributed by atoms with Crippen LogP contribution in [0, 0.1) is 11.7 Å². The standard InChI is InChI=1S/C19H19Cl2FN2O3S/c20-15-5-3-6-16(21)18(15)28(26,27)24-10-8-13(9-11-24)19(25)23-12-14-4-1-2-7-17(14)22/h1-7,13H,8-12H2,(H,23,25). The molecule has 1 aliphatic rings. The Hall–Kier alpha value is -1.67. The molecule has 1 fully saturated rings. The number of nitrogens with one attached hydrogen (secondary N) is 1. The predicted molar refractivity (Wildman–Crippen MR) is 106 cm³/mol. The van der Waals surface area contributed by atoms with Crippen LogP contribution in [-0.2, 0) is 21.4 Å². The molecule has 150 valence electrons. The number of carbonyl (C=O) groups is 1. The van der Waals surface area contributed by atoms with E-state index in [2.05, 4.69) is 5.32 Å². The first-order valence-corrected chi connectivity index (χ1v) is 11.0. The number of halogens is 3. The van der Waals surface area contributed by atoms with Gasteiger partial charge >= 0.3 is 0 Å². The summed E-state index contributed by atoms with van der Waals surface area (Å²) in [6, 6.07) is 10.8. The number of benzene rings is 2. The average molecular weight is 445 g/mol. The quantitative estimate of drug-likeness (QED) is 0.761. The molecule has 0 saturated carbocycles. The van der Waals surface area contributed by atoms with Crippen molar-refractivity contribution in [1.82, 2.24) is 9.62 Å². The van der Waals surface area contributed by atoms with Gasteiger partial charge in [0.15, 0.2) is 0 Å². The molecule has 28 heavy (non-hydrogen) atoms. The number of hydrogen-bond acceptors (Lipinski definition) is 3. The lowest BCUT2D eigenvalue weighted by Gasteiger charge is -2.31. The minimum atomic E-state index is -3.85. The van der Waals surface area contributed by atoms with Gasteiger partial charge in [0.05, 0.1) is 10.0 Å². The Kier molecular flexibility index (Phi) is 6.60. The van der Waals surface area contributed by atoms with Crippen molar-refractivity contribution in [2.45, 2.75) is 24.3 Å². The van der Waals surface area contributed by atoms with Gasteiger partial charge in [-0.1, -0.05) is 47.5 Å². The highest BCUT2D eigenvalue weighted by molar-refractivity contribution is 7.89. The molecular formula is C19H19Cl2FN2O3S. The third kappa shape index (κ3) is 4.49. The van der Waals surface area contributed by atoms with Gasteiger partial charge in [0, 0.05) is 31.1 Å². The maximum absolute atomic E-state index is 13.6. The summed E-state index contributed by atoms with van der Waals surface area (Å²) in [5, 5.41) is 2.86. The smallest absolute Gasteiger partial charge is 0.246 e. The summed E-state index contributed by atoms with van der Waals surface area (Å²) >= 11 is 12.1. The van der Waals surface area contributed by atoms with E-state index < -0.39 is 10.0 Å². The van der Waals surface area contributed by atoms with E-state index in [1.165, 1.54) is 22.5 Å². The number of nitrogens with zero attached hydrogens (tertiary/aromatic N) is 1. The average Bonchev–Trinajstić information content (AvgIpc) is 2.67. The van der Waals surface area contributed by atoms with Crippen molar-refractivity contribution in [1.29, 1.82) is 0 Å². The molecule has 2 aromatic carbocycles. The molecule has 0 bridgehead atoms. The van der Waals surface area contributed by atoms with Crippen LogP contribution < -0.4 is 5.32 Å². The molecule has 0 radical (unpaired) electrons. The Morgan fingerprint density at radius 1 is 1.07 bits per heavy atom. The van der Waals surface area contributed by atoms with E-state index in [0.717, 1.165) is 0 Å². The van der Waals surface area contributed by atoms with Crippen molar-refractivity contribution in [3.8, 4) is 0 Å². The van der Waals surface area contributed by atoms with Crippen molar-refractivity contribution in [3.05, 3.63) is 63.9 Å². The Labute approximate surface area is 173 Å². The number of piperidine rings is 1. The molecule has 1 N–H and O–H groups in total. The Morgan fingerprint density at radius 3 is 2.29 bits per heavy atom. The largest absolute Gasteiger partial charge is 0.352 e. The molecule has 0 aromatic heterocycles. The SMILES string of the molecule is O=C(NCc1ccccc1F)C1CCN(S(=O)(=O)c2c(Cl)cccc2Cl)CC1. The number of carbonyl (C=O) groups excluding carboxylic acids is 1. The second-order valence-corrected chi connectivity index (χ2v) is 9.23. The van der Waals surface area contributed by atoms with E-state index in [9.17, 15) is 17.6 Å². The van der Waals surface area contributed by atoms with Crippen molar-refractivity contribution in [2.24, 2.45) is 5.92 Å². The number of hydrogen-bond donors (Lipinski definition) is 1. The summed E-state index contributed by atoms with van der Waals surface area (Å²) in [6.45, 7) is 0.461. The van der Waals surface area contributed by atoms with Gasteiger partial charge in [-0.05, 0) is 31.0 Å². The van der Waals surface area contributed by atoms with Gasteiger partial charge < -0.3 is 5.32 Å². The number of rotatable bonds is 5. The van der Waals surface area contributed by atoms with E-state index in [4.69, 9.17) is 23.2 Å². The van der Waals surface area contributed by atoms with Crippen molar-refractivity contribution < 1.29 is 17.6 Å². The van der Waals surface area contributed by atoms with Gasteiger partial charge in [-0.2, -0.15) is 4.31 Å². The zero-order chi connectivity index (χ0) is 20.3. The molecule has 1 saturated heterocycles. The highest BCUT2D eigenvalue weighted by Gasteiger charge is 2.34. The zero-order valence-electron chi connectivity index (χ0n) is 14.9. The van der Waals surface area contributed by atoms with E-state index in [0.29, 0.717) is 18.4 Å². The fourth-order valence-electron chi connectivity index (χ4n) is 3.18. The highest BCUT2D eigenvalue weighted by Crippen LogP contribution is 2.33. The lowest BCUT2D eigenvalue weighted by molar-refractivity contribution is -0.126. The maximum Gasteiger partial charge on any atom is 0.246 e. The van der Waals surface area contributed by atoms with Gasteiger partial charge in [-0.15, -0.1) is 0 Å². The summed E-state index contributed by atoms with van der Waals surface area (Å²) in [5.74, 6) is -0.920. The Morgan fingerprint density at radius 2 is 1.68 bits per heavy atom. The summed E-state index contributed by atoms with van der Waals surface area (Å²) in [7, 11) is -3.85. The topological polar surface area (TPSA) is 66.5 Å². The number of amides is 1. The lowest BCUT2D eigenvalue weighted by Crippen LogP contribution is -2.43. The monoisotopic (exact) mass is 444 g/mol. The molecule has 1 aliphatic heterocycles. The second kappa shape index (κ2) is 8.78. The van der Waals surface area contributed by atoms with Gasteiger partial charge in [-0.25, -0.2) is 12.8 Å². The summed E-state index contributed by atoms with van der Waals surface area (Å²) in [6.07, 6.45) is 0.731. The minimum Gasteiger partial charge on any atom is -0.352 e. The van der Waals surface area contributed by atoms with Crippen LogP contribution in [0.4, 0.5) is 4.39 Å². The van der Waals surface area contributed by atoms with Crippen LogP contribution in [0.1, 0.15) is 18.4 Å². The molecule has 0 unspecified atom stereocenters. The van der Waals surface area contributed by atoms with E-state index in [1.807, 2.05) is 0 Å². The van der Waals surface area contributed by atoms with Crippen LogP contribution in [0.5, 0.6) is 0 Å². The van der Waals surface area contributed by atoms with Gasteiger partial charge in [0.1, 0.15) is 10.7 Å². The van der Waals surface area contributed by atoms with E-state index in [-0.39, 0.29) is 52.2 Å². The molecule has 1 amide bonds. The maximum atomic E-state index is 13.6. The van der Waals surface area contributed by atoms with E-state index in [1.54, 1.807) is 24.3 Å². The molecule has 2 aromatic rings. The van der Waals surface area contributed by atoms with Gasteiger partial charge in [-0.3, -0.25) is 4.79 Å². The van der Waals surface area contributed by atoms with E-state index >= 15 is 0 Å². The highest BCUT2D eigenvalue weighted by atomic mass is 35.5. The lowest BCUT2D eigenvalue weighted by atomic mass is 9.97. The van der Waals surface area contributed by atoms with Crippen LogP contribution in [0.15, 0.2) is 47.4 Å². The first-order valence-electron chi connectivity index (χ1n) is 8.76. The molecule has 5 nitrogen and oxygen atoms in total. The predicted octanol–water partition coefficient (Wildman–Crippen LogP) is 3.85. The first-order chi connectivity index (χ1) is 13.3. The summed E-state index contributed by atoms with van der Waals surface area (Å²) < 4.78 is 40.7. The third-order valence-corrected chi connectivity index (χ3v) is 7.61. The van der Waals surface area contributed by atoms with Gasteiger partial charge in [0.2, 0.25) is 15.9 Å². The molecular weight excluding hydrogens is 426 g/mol. The molecule has 0 aliphatic carbocycles. The Bertz CT molecular complexity index is 957. The van der Waals surface area contributed by atoms with Crippen LogP contribution in [0.2, 0.25) is 10.0 Å². The van der Waals surface area contributed by atoms with Crippen LogP contribution in [0.25, 0.3) is 0 Å². The molecule has 3 rings (SSSR count). The van der Waals surface area contributed by atoms with Crippen LogP contribution in [0.3, 0.4) is 0 Å². The number of sulfonamides is 1. The fourth-order valence-corrected chi connectivity index (χ4v) is 5.75. The minimum absolute atomic E-state index is 0.0669. The molecule has 0 atom stereocenters. The van der Waals surface area contributed by atoms with Crippen molar-refractivity contribution in [2.75, 3.05) is 13.1 Å². The van der Waals surface area contributed by atoms with Crippen molar-refractivity contribution >= 4 is 39.1 Å². The van der Waals surface area contributed by atoms with Gasteiger partial charge in [0.25, 0.3) is 0 Å². The fraction of sp³-hybridized carbons (Fsp3) is 0.316. The van der Waals surface area contributed by atoms with Crippen molar-refractivity contribution in [3.63, 3.8) is 0 Å². The van der Waals surface area contributed by atoms with Crippen LogP contribution in [-0.4, -0.2) is 31.7 Å².